The maximum Gasteiger partial charge on any atom is 0.299 e. The molecule has 0 radical (unpaired) electrons. The summed E-state index contributed by atoms with van der Waals surface area (Å²) in [6.45, 7) is 9.62. The third-order valence-electron chi connectivity index (χ3n) is 14.3. The van der Waals surface area contributed by atoms with E-state index >= 15 is 0 Å². The van der Waals surface area contributed by atoms with E-state index in [1.165, 1.54) is 118 Å². The lowest BCUT2D eigenvalue weighted by Gasteiger charge is -2.35. The maximum atomic E-state index is 10.9. The number of hydrogen-bond acceptors (Lipinski definition) is 6. The van der Waals surface area contributed by atoms with Crippen LogP contribution in [0, 0.1) is 11.3 Å². The van der Waals surface area contributed by atoms with E-state index in [9.17, 15) is 10.1 Å². The van der Waals surface area contributed by atoms with Crippen molar-refractivity contribution in [2.24, 2.45) is 0 Å². The summed E-state index contributed by atoms with van der Waals surface area (Å²) in [6, 6.07) is 52.7. The highest BCUT2D eigenvalue weighted by Gasteiger charge is 2.44. The summed E-state index contributed by atoms with van der Waals surface area (Å²) in [6.07, 6.45) is 15.7. The van der Waals surface area contributed by atoms with Gasteiger partial charge in [-0.2, -0.15) is 5.26 Å². The number of carbonyl (C=O) groups excluding carboxylic acids is 1. The van der Waals surface area contributed by atoms with Gasteiger partial charge in [-0.05, 0) is 136 Å². The molecule has 0 unspecified atom stereocenters. The van der Waals surface area contributed by atoms with Crippen LogP contribution in [-0.2, 0) is 20.4 Å². The molecule has 2 aliphatic carbocycles. The number of anilines is 3. The fourth-order valence-corrected chi connectivity index (χ4v) is 13.1. The maximum absolute atomic E-state index is 10.9. The number of unbranched alkanes of at least 4 members (excludes halogenated alkanes) is 4. The molecule has 0 spiro atoms. The van der Waals surface area contributed by atoms with E-state index < -0.39 is 0 Å². The Morgan fingerprint density at radius 2 is 1.00 bits per heavy atom. The van der Waals surface area contributed by atoms with Gasteiger partial charge >= 0.3 is 0 Å². The first kappa shape index (κ1) is 45.2. The number of allylic oxidation sites excluding steroid dienone is 1. The van der Waals surface area contributed by atoms with E-state index in [-0.39, 0.29) is 23.1 Å². The van der Waals surface area contributed by atoms with E-state index in [4.69, 9.17) is 4.74 Å². The van der Waals surface area contributed by atoms with Crippen LogP contribution in [0.25, 0.3) is 48.5 Å². The molecule has 2 aromatic heterocycles. The lowest BCUT2D eigenvalue weighted by atomic mass is 9.70. The molecule has 9 rings (SSSR count). The normalized spacial score (nSPS) is 14.0. The smallest absolute Gasteiger partial charge is 0.299 e. The highest BCUT2D eigenvalue weighted by molar-refractivity contribution is 7.24. The SMILES string of the molecule is CCCCC1(CCCC)c2ccccc2-c2ccc(N(c3ccc(-c4ccc(-c5ccc(/C=C(/C#N)OC=O)s5)s4)cc3)c3ccc4c(c3)C(CCCC)(CCCC)c3ccccc3-4)cc21. The van der Waals surface area contributed by atoms with Crippen molar-refractivity contribution >= 4 is 52.3 Å². The molecular formula is C60H60N2O2S2. The van der Waals surface area contributed by atoms with Gasteiger partial charge in [0.25, 0.3) is 6.47 Å². The molecule has 0 bridgehead atoms. The Morgan fingerprint density at radius 3 is 1.50 bits per heavy atom. The van der Waals surface area contributed by atoms with Crippen molar-refractivity contribution in [1.82, 2.24) is 0 Å². The number of nitriles is 1. The molecular weight excluding hydrogens is 845 g/mol. The van der Waals surface area contributed by atoms with Gasteiger partial charge in [-0.1, -0.05) is 152 Å². The average molecular weight is 905 g/mol. The molecule has 334 valence electrons. The second-order valence-corrected chi connectivity index (χ2v) is 20.4. The highest BCUT2D eigenvalue weighted by Crippen LogP contribution is 2.58. The van der Waals surface area contributed by atoms with Gasteiger partial charge in [0.05, 0.1) is 0 Å². The van der Waals surface area contributed by atoms with Crippen LogP contribution in [0.15, 0.2) is 139 Å². The van der Waals surface area contributed by atoms with Crippen molar-refractivity contribution in [1.29, 1.82) is 5.26 Å². The largest absolute Gasteiger partial charge is 0.417 e. The van der Waals surface area contributed by atoms with Crippen LogP contribution in [0.2, 0.25) is 0 Å². The molecule has 0 saturated heterocycles. The fraction of sp³-hybridized carbons (Fsp3) is 0.300. The van der Waals surface area contributed by atoms with Crippen LogP contribution >= 0.6 is 22.7 Å². The van der Waals surface area contributed by atoms with Crippen LogP contribution in [0.5, 0.6) is 0 Å². The van der Waals surface area contributed by atoms with Crippen LogP contribution in [0.1, 0.15) is 132 Å². The van der Waals surface area contributed by atoms with Gasteiger partial charge in [0, 0.05) is 53.5 Å². The molecule has 0 atom stereocenters. The fourth-order valence-electron chi connectivity index (χ4n) is 11.1. The molecule has 2 heterocycles. The quantitative estimate of drug-likeness (QED) is 0.0434. The predicted molar refractivity (Wildman–Crippen MR) is 279 cm³/mol. The molecule has 66 heavy (non-hydrogen) atoms. The molecule has 7 aromatic rings. The monoisotopic (exact) mass is 904 g/mol. The summed E-state index contributed by atoms with van der Waals surface area (Å²) in [5.74, 6) is -0.0195. The predicted octanol–water partition coefficient (Wildman–Crippen LogP) is 17.9. The lowest BCUT2D eigenvalue weighted by Crippen LogP contribution is -2.26. The number of fused-ring (bicyclic) bond motifs is 6. The van der Waals surface area contributed by atoms with Crippen LogP contribution < -0.4 is 4.90 Å². The van der Waals surface area contributed by atoms with Gasteiger partial charge in [-0.15, -0.1) is 22.7 Å². The zero-order valence-electron chi connectivity index (χ0n) is 38.9. The molecule has 0 saturated carbocycles. The minimum absolute atomic E-state index is 0.0175. The van der Waals surface area contributed by atoms with E-state index in [1.807, 2.05) is 12.1 Å². The third-order valence-corrected chi connectivity index (χ3v) is 16.7. The average Bonchev–Trinajstić information content (AvgIpc) is 4.15. The van der Waals surface area contributed by atoms with Gasteiger partial charge in [0.1, 0.15) is 6.07 Å². The lowest BCUT2D eigenvalue weighted by molar-refractivity contribution is -0.124. The minimum Gasteiger partial charge on any atom is -0.417 e. The number of rotatable bonds is 20. The van der Waals surface area contributed by atoms with Crippen molar-refractivity contribution in [3.8, 4) is 48.5 Å². The Labute approximate surface area is 400 Å². The molecule has 2 aliphatic rings. The second kappa shape index (κ2) is 19.8. The Kier molecular flexibility index (Phi) is 13.6. The van der Waals surface area contributed by atoms with Gasteiger partial charge in [0.15, 0.2) is 0 Å². The van der Waals surface area contributed by atoms with E-state index in [0.29, 0.717) is 0 Å². The van der Waals surface area contributed by atoms with E-state index in [1.54, 1.807) is 28.7 Å². The summed E-state index contributed by atoms with van der Waals surface area (Å²) < 4.78 is 4.82. The molecule has 6 heteroatoms. The Bertz CT molecular complexity index is 2770. The molecule has 0 aliphatic heterocycles. The van der Waals surface area contributed by atoms with Crippen molar-refractivity contribution in [3.05, 3.63) is 166 Å². The second-order valence-electron chi connectivity index (χ2n) is 18.2. The topological polar surface area (TPSA) is 53.3 Å². The van der Waals surface area contributed by atoms with Crippen molar-refractivity contribution in [3.63, 3.8) is 0 Å². The number of ether oxygens (including phenoxy) is 1. The molecule has 0 N–H and O–H groups in total. The first-order valence-electron chi connectivity index (χ1n) is 24.2. The summed E-state index contributed by atoms with van der Waals surface area (Å²) in [7, 11) is 0. The summed E-state index contributed by atoms with van der Waals surface area (Å²) >= 11 is 3.33. The number of nitrogens with zero attached hydrogens (tertiary/aromatic N) is 2. The molecule has 4 nitrogen and oxygen atoms in total. The van der Waals surface area contributed by atoms with Crippen LogP contribution in [0.4, 0.5) is 17.1 Å². The number of thiophene rings is 2. The van der Waals surface area contributed by atoms with E-state index in [2.05, 4.69) is 160 Å². The third kappa shape index (κ3) is 8.26. The first-order valence-corrected chi connectivity index (χ1v) is 25.9. The van der Waals surface area contributed by atoms with Gasteiger partial charge in [-0.3, -0.25) is 4.79 Å². The van der Waals surface area contributed by atoms with Crippen molar-refractivity contribution in [2.75, 3.05) is 4.90 Å². The standard InChI is InChI=1S/C60H60N2O2S2/c1-5-9-33-59(34-10-6-2)52-19-15-13-17-48(52)50-28-25-44(37-54(50)59)62(45-26-29-51-49-18-14-16-20-53(49)60(35-11-7-3,36-12-8-4)55(51)38-45)43-23-21-42(22-24-43)56-31-32-58(66-56)57-30-27-47(65-57)39-46(40-61)64-41-63/h13-32,37-39,41H,5-12,33-36H2,1-4H3/b46-39-. The summed E-state index contributed by atoms with van der Waals surface area (Å²) in [5, 5.41) is 9.35. The van der Waals surface area contributed by atoms with Crippen LogP contribution in [0.3, 0.4) is 0 Å². The number of benzene rings is 5. The molecule has 0 fully saturated rings. The Hall–Kier alpha value is -6.00. The van der Waals surface area contributed by atoms with Crippen LogP contribution in [-0.4, -0.2) is 6.47 Å². The summed E-state index contributed by atoms with van der Waals surface area (Å²) in [4.78, 5) is 17.7. The van der Waals surface area contributed by atoms with E-state index in [0.717, 1.165) is 46.0 Å². The first-order chi connectivity index (χ1) is 32.4. The van der Waals surface area contributed by atoms with Gasteiger partial charge in [-0.25, -0.2) is 0 Å². The zero-order valence-corrected chi connectivity index (χ0v) is 40.5. The Balaban J connectivity index is 1.17. The minimum atomic E-state index is -0.0195. The molecule has 0 amide bonds. The zero-order chi connectivity index (χ0) is 45.7. The Morgan fingerprint density at radius 1 is 0.545 bits per heavy atom. The molecule has 5 aromatic carbocycles. The van der Waals surface area contributed by atoms with Crippen molar-refractivity contribution < 1.29 is 9.53 Å². The van der Waals surface area contributed by atoms with Gasteiger partial charge < -0.3 is 9.64 Å². The van der Waals surface area contributed by atoms with Crippen molar-refractivity contribution in [2.45, 2.75) is 116 Å². The number of carbonyl (C=O) groups is 1. The summed E-state index contributed by atoms with van der Waals surface area (Å²) in [5.41, 5.74) is 16.2. The van der Waals surface area contributed by atoms with Gasteiger partial charge in [0.2, 0.25) is 5.76 Å². The highest BCUT2D eigenvalue weighted by atomic mass is 32.1. The number of hydrogen-bond donors (Lipinski definition) is 0.